The Kier molecular flexibility index (Phi) is 10.5. The lowest BCUT2D eigenvalue weighted by atomic mass is 10.2. The van der Waals surface area contributed by atoms with Crippen molar-refractivity contribution < 1.29 is 32.5 Å². The van der Waals surface area contributed by atoms with Crippen molar-refractivity contribution in [1.82, 2.24) is 0 Å². The molecule has 0 bridgehead atoms. The first-order valence-corrected chi connectivity index (χ1v) is 8.66. The lowest BCUT2D eigenvalue weighted by Crippen LogP contribution is -2.10. The molecule has 4 nitrogen and oxygen atoms in total. The molecule has 0 aliphatic carbocycles. The first-order valence-electron chi connectivity index (χ1n) is 8.66. The molecule has 0 spiro atoms. The molecule has 0 saturated carbocycles. The van der Waals surface area contributed by atoms with Gasteiger partial charge < -0.3 is 14.6 Å². The van der Waals surface area contributed by atoms with Crippen LogP contribution in [0.25, 0.3) is 6.08 Å². The third-order valence-electron chi connectivity index (χ3n) is 3.46. The first-order chi connectivity index (χ1) is 12.4. The summed E-state index contributed by atoms with van der Waals surface area (Å²) in [6, 6.07) is 7.10. The van der Waals surface area contributed by atoms with Gasteiger partial charge in [-0.3, -0.25) is 0 Å². The molecule has 0 radical (unpaired) electrons. The summed E-state index contributed by atoms with van der Waals surface area (Å²) >= 11 is 0. The minimum atomic E-state index is -4.23. The number of carbonyl (C=O) groups excluding carboxylic acids is 1. The van der Waals surface area contributed by atoms with Crippen LogP contribution in [-0.2, 0) is 9.53 Å². The second-order valence-corrected chi connectivity index (χ2v) is 5.77. The molecule has 0 saturated heterocycles. The summed E-state index contributed by atoms with van der Waals surface area (Å²) < 4.78 is 46.2. The Hall–Kier alpha value is -2.02. The number of benzene rings is 1. The molecule has 1 N–H and O–H groups in total. The second-order valence-electron chi connectivity index (χ2n) is 5.77. The molecule has 0 atom stereocenters. The highest BCUT2D eigenvalue weighted by Crippen LogP contribution is 2.21. The van der Waals surface area contributed by atoms with Gasteiger partial charge in [-0.1, -0.05) is 18.6 Å². The number of halogens is 3. The van der Waals surface area contributed by atoms with Crippen molar-refractivity contribution in [3.63, 3.8) is 0 Å². The Morgan fingerprint density at radius 3 is 2.35 bits per heavy atom. The van der Waals surface area contributed by atoms with Gasteiger partial charge in [0.1, 0.15) is 5.75 Å². The number of aliphatic hydroxyl groups is 1. The topological polar surface area (TPSA) is 55.8 Å². The van der Waals surface area contributed by atoms with E-state index in [1.165, 1.54) is 12.2 Å². The van der Waals surface area contributed by atoms with Gasteiger partial charge in [0.2, 0.25) is 0 Å². The van der Waals surface area contributed by atoms with E-state index in [1.54, 1.807) is 24.3 Å². The largest absolute Gasteiger partial charge is 0.494 e. The highest BCUT2D eigenvalue weighted by Gasteiger charge is 2.26. The van der Waals surface area contributed by atoms with Gasteiger partial charge in [0, 0.05) is 19.1 Å². The van der Waals surface area contributed by atoms with Gasteiger partial charge in [-0.05, 0) is 49.5 Å². The predicted molar refractivity (Wildman–Crippen MR) is 92.8 cm³/mol. The third kappa shape index (κ3) is 11.5. The summed E-state index contributed by atoms with van der Waals surface area (Å²) in [6.45, 7) is 0.565. The second kappa shape index (κ2) is 12.4. The number of aliphatic hydroxyl groups excluding tert-OH is 1. The zero-order chi connectivity index (χ0) is 19.3. The summed E-state index contributed by atoms with van der Waals surface area (Å²) in [5.41, 5.74) is 0.757. The fraction of sp³-hybridized carbons (Fsp3) is 0.526. The highest BCUT2D eigenvalue weighted by molar-refractivity contribution is 5.87. The molecule has 0 fully saturated rings. The van der Waals surface area contributed by atoms with E-state index in [0.29, 0.717) is 6.61 Å². The monoisotopic (exact) mass is 374 g/mol. The fourth-order valence-corrected chi connectivity index (χ4v) is 2.09. The SMILES string of the molecule is O=C(/C=C/c1ccc(OCCCCCCO)cc1)OCCCC(F)(F)F. The molecule has 0 unspecified atom stereocenters. The van der Waals surface area contributed by atoms with E-state index in [-0.39, 0.29) is 19.6 Å². The molecule has 0 aliphatic heterocycles. The molecule has 0 amide bonds. The van der Waals surface area contributed by atoms with Crippen molar-refractivity contribution in [3.05, 3.63) is 35.9 Å². The van der Waals surface area contributed by atoms with Crippen molar-refractivity contribution in [2.75, 3.05) is 19.8 Å². The molecular formula is C19H25F3O4. The van der Waals surface area contributed by atoms with E-state index in [1.807, 2.05) is 0 Å². The molecule has 7 heteroatoms. The van der Waals surface area contributed by atoms with Gasteiger partial charge >= 0.3 is 12.1 Å². The van der Waals surface area contributed by atoms with Crippen LogP contribution in [0.2, 0.25) is 0 Å². The maximum Gasteiger partial charge on any atom is 0.389 e. The quantitative estimate of drug-likeness (QED) is 0.332. The number of alkyl halides is 3. The minimum absolute atomic E-state index is 0.219. The molecule has 0 aromatic heterocycles. The van der Waals surface area contributed by atoms with Gasteiger partial charge in [0.05, 0.1) is 13.2 Å². The van der Waals surface area contributed by atoms with Crippen molar-refractivity contribution in [2.45, 2.75) is 44.7 Å². The van der Waals surface area contributed by atoms with Gasteiger partial charge in [-0.15, -0.1) is 0 Å². The van der Waals surface area contributed by atoms with Crippen LogP contribution in [0.15, 0.2) is 30.3 Å². The fourth-order valence-electron chi connectivity index (χ4n) is 2.09. The van der Waals surface area contributed by atoms with E-state index >= 15 is 0 Å². The summed E-state index contributed by atoms with van der Waals surface area (Å²) in [4.78, 5) is 11.4. The number of hydrogen-bond donors (Lipinski definition) is 1. The molecule has 0 aliphatic rings. The molecule has 1 rings (SSSR count). The van der Waals surface area contributed by atoms with Crippen LogP contribution >= 0.6 is 0 Å². The Balaban J connectivity index is 2.24. The number of unbranched alkanes of at least 4 members (excludes halogenated alkanes) is 3. The molecule has 26 heavy (non-hydrogen) atoms. The summed E-state index contributed by atoms with van der Waals surface area (Å²) in [5.74, 6) is 0.0504. The number of carbonyl (C=O) groups is 1. The van der Waals surface area contributed by atoms with Crippen LogP contribution in [0.1, 0.15) is 44.1 Å². The van der Waals surface area contributed by atoms with E-state index in [0.717, 1.165) is 37.0 Å². The van der Waals surface area contributed by atoms with Crippen LogP contribution in [0.3, 0.4) is 0 Å². The molecule has 0 heterocycles. The van der Waals surface area contributed by atoms with Crippen molar-refractivity contribution in [3.8, 4) is 5.75 Å². The maximum atomic E-state index is 12.0. The van der Waals surface area contributed by atoms with Crippen LogP contribution in [0.4, 0.5) is 13.2 Å². The van der Waals surface area contributed by atoms with Crippen molar-refractivity contribution in [2.24, 2.45) is 0 Å². The average molecular weight is 374 g/mol. The van der Waals surface area contributed by atoms with Gasteiger partial charge in [-0.2, -0.15) is 13.2 Å². The zero-order valence-electron chi connectivity index (χ0n) is 14.6. The number of esters is 1. The summed E-state index contributed by atoms with van der Waals surface area (Å²) in [6.07, 6.45) is 0.999. The van der Waals surface area contributed by atoms with Gasteiger partial charge in [0.25, 0.3) is 0 Å². The Bertz CT molecular complexity index is 539. The average Bonchev–Trinajstić information content (AvgIpc) is 2.60. The lowest BCUT2D eigenvalue weighted by Gasteiger charge is -2.06. The van der Waals surface area contributed by atoms with Crippen LogP contribution in [0.5, 0.6) is 5.75 Å². The van der Waals surface area contributed by atoms with E-state index in [9.17, 15) is 18.0 Å². The Labute approximate surface area is 151 Å². The van der Waals surface area contributed by atoms with Crippen molar-refractivity contribution in [1.29, 1.82) is 0 Å². The van der Waals surface area contributed by atoms with Crippen molar-refractivity contribution >= 4 is 12.0 Å². The maximum absolute atomic E-state index is 12.0. The van der Waals surface area contributed by atoms with Crippen LogP contribution in [0, 0.1) is 0 Å². The van der Waals surface area contributed by atoms with E-state index in [4.69, 9.17) is 14.6 Å². The predicted octanol–water partition coefficient (Wildman–Crippen LogP) is 4.52. The number of ether oxygens (including phenoxy) is 2. The number of hydrogen-bond acceptors (Lipinski definition) is 4. The Morgan fingerprint density at radius 2 is 1.69 bits per heavy atom. The zero-order valence-corrected chi connectivity index (χ0v) is 14.6. The van der Waals surface area contributed by atoms with E-state index < -0.39 is 18.6 Å². The first kappa shape index (κ1) is 22.0. The Morgan fingerprint density at radius 1 is 1.00 bits per heavy atom. The normalized spacial score (nSPS) is 11.7. The highest BCUT2D eigenvalue weighted by atomic mass is 19.4. The summed E-state index contributed by atoms with van der Waals surface area (Å²) in [5, 5.41) is 8.68. The number of rotatable bonds is 12. The van der Waals surface area contributed by atoms with Crippen LogP contribution < -0.4 is 4.74 Å². The summed E-state index contributed by atoms with van der Waals surface area (Å²) in [7, 11) is 0. The van der Waals surface area contributed by atoms with Crippen LogP contribution in [-0.4, -0.2) is 37.1 Å². The van der Waals surface area contributed by atoms with Gasteiger partial charge in [-0.25, -0.2) is 4.79 Å². The molecule has 1 aromatic rings. The molecule has 146 valence electrons. The smallest absolute Gasteiger partial charge is 0.389 e. The molecular weight excluding hydrogens is 349 g/mol. The molecule has 1 aromatic carbocycles. The third-order valence-corrected chi connectivity index (χ3v) is 3.46. The van der Waals surface area contributed by atoms with E-state index in [2.05, 4.69) is 0 Å². The minimum Gasteiger partial charge on any atom is -0.494 e. The standard InChI is InChI=1S/C19H25F3O4/c20-19(21,22)12-5-15-26-18(24)11-8-16-6-9-17(10-7-16)25-14-4-2-1-3-13-23/h6-11,23H,1-5,12-15H2/b11-8+. The lowest BCUT2D eigenvalue weighted by molar-refractivity contribution is -0.146. The van der Waals surface area contributed by atoms with Gasteiger partial charge in [0.15, 0.2) is 0 Å².